The minimum absolute atomic E-state index is 0.245. The Balaban J connectivity index is 1.79. The van der Waals surface area contributed by atoms with Gasteiger partial charge < -0.3 is 10.1 Å². The first kappa shape index (κ1) is 16.5. The lowest BCUT2D eigenvalue weighted by Gasteiger charge is -2.14. The van der Waals surface area contributed by atoms with E-state index in [4.69, 9.17) is 10.00 Å². The smallest absolute Gasteiger partial charge is 0.260 e. The quantitative estimate of drug-likeness (QED) is 0.892. The molecular weight excluding hydrogens is 295 g/mol. The fraction of sp³-hybridized carbons (Fsp3) is 0.222. The Kier molecular flexibility index (Phi) is 5.70. The van der Waals surface area contributed by atoms with Gasteiger partial charge in [0.05, 0.1) is 11.6 Å². The molecule has 0 radical (unpaired) electrons. The van der Waals surface area contributed by atoms with Gasteiger partial charge in [-0.2, -0.15) is 5.26 Å². The van der Waals surface area contributed by atoms with Crippen LogP contribution in [0, 0.1) is 17.1 Å². The number of benzene rings is 2. The van der Waals surface area contributed by atoms with Crippen molar-refractivity contribution in [1.82, 2.24) is 5.32 Å². The summed E-state index contributed by atoms with van der Waals surface area (Å²) >= 11 is 0. The Morgan fingerprint density at radius 1 is 1.30 bits per heavy atom. The van der Waals surface area contributed by atoms with Crippen molar-refractivity contribution < 1.29 is 13.9 Å². The van der Waals surface area contributed by atoms with Crippen molar-refractivity contribution in [2.45, 2.75) is 19.4 Å². The predicted molar refractivity (Wildman–Crippen MR) is 84.4 cm³/mol. The number of hydrogen-bond donors (Lipinski definition) is 1. The Hall–Kier alpha value is -2.87. The Morgan fingerprint density at radius 3 is 2.70 bits per heavy atom. The molecule has 2 rings (SSSR count). The molecule has 118 valence electrons. The van der Waals surface area contributed by atoms with E-state index in [2.05, 4.69) is 5.32 Å². The summed E-state index contributed by atoms with van der Waals surface area (Å²) < 4.78 is 18.6. The molecule has 0 spiro atoms. The highest BCUT2D eigenvalue weighted by Gasteiger charge is 2.14. The van der Waals surface area contributed by atoms with Gasteiger partial charge in [-0.15, -0.1) is 0 Å². The van der Waals surface area contributed by atoms with E-state index in [0.29, 0.717) is 24.3 Å². The van der Waals surface area contributed by atoms with Crippen molar-refractivity contribution in [3.05, 3.63) is 65.5 Å². The lowest BCUT2D eigenvalue weighted by atomic mass is 10.1. The summed E-state index contributed by atoms with van der Waals surface area (Å²) in [6, 6.07) is 14.9. The summed E-state index contributed by atoms with van der Waals surface area (Å²) in [4.78, 5) is 12.0. The molecule has 0 fully saturated rings. The summed E-state index contributed by atoms with van der Waals surface area (Å²) in [6.07, 6.45) is -0.108. The second-order valence-corrected chi connectivity index (χ2v) is 5.07. The summed E-state index contributed by atoms with van der Waals surface area (Å²) in [5, 5.41) is 11.5. The number of hydrogen-bond acceptors (Lipinski definition) is 3. The molecule has 4 nitrogen and oxygen atoms in total. The third-order valence-corrected chi connectivity index (χ3v) is 3.27. The number of nitrogens with one attached hydrogen (secondary N) is 1. The van der Waals surface area contributed by atoms with Crippen LogP contribution in [0.1, 0.15) is 18.1 Å². The van der Waals surface area contributed by atoms with Gasteiger partial charge in [-0.05, 0) is 55.3 Å². The van der Waals surface area contributed by atoms with Gasteiger partial charge in [-0.1, -0.05) is 12.1 Å². The zero-order valence-electron chi connectivity index (χ0n) is 12.8. The normalized spacial score (nSPS) is 11.3. The van der Waals surface area contributed by atoms with Crippen LogP contribution < -0.4 is 10.1 Å². The molecule has 0 saturated carbocycles. The van der Waals surface area contributed by atoms with Gasteiger partial charge in [-0.3, -0.25) is 4.79 Å². The molecule has 23 heavy (non-hydrogen) atoms. The second-order valence-electron chi connectivity index (χ2n) is 5.07. The number of carbonyl (C=O) groups excluding carboxylic acids is 1. The maximum absolute atomic E-state index is 13.1. The topological polar surface area (TPSA) is 62.1 Å². The SMILES string of the molecule is C[C@H](Oc1ccc(C#N)cc1)C(=O)NCCc1cccc(F)c1. The summed E-state index contributed by atoms with van der Waals surface area (Å²) in [5.41, 5.74) is 1.36. The van der Waals surface area contributed by atoms with E-state index in [1.807, 2.05) is 12.1 Å². The fourth-order valence-corrected chi connectivity index (χ4v) is 2.03. The van der Waals surface area contributed by atoms with Crippen LogP contribution in [0.2, 0.25) is 0 Å². The minimum atomic E-state index is -0.657. The Labute approximate surface area is 134 Å². The lowest BCUT2D eigenvalue weighted by Crippen LogP contribution is -2.37. The summed E-state index contributed by atoms with van der Waals surface area (Å²) in [6.45, 7) is 2.05. The van der Waals surface area contributed by atoms with Crippen LogP contribution in [0.15, 0.2) is 48.5 Å². The molecule has 0 unspecified atom stereocenters. The van der Waals surface area contributed by atoms with E-state index in [0.717, 1.165) is 5.56 Å². The molecular formula is C18H17FN2O2. The third kappa shape index (κ3) is 5.11. The van der Waals surface area contributed by atoms with E-state index >= 15 is 0 Å². The average molecular weight is 312 g/mol. The fourth-order valence-electron chi connectivity index (χ4n) is 2.03. The van der Waals surface area contributed by atoms with E-state index < -0.39 is 6.10 Å². The first-order valence-electron chi connectivity index (χ1n) is 7.27. The van der Waals surface area contributed by atoms with Crippen LogP contribution in [0.25, 0.3) is 0 Å². The van der Waals surface area contributed by atoms with Gasteiger partial charge in [0.25, 0.3) is 5.91 Å². The molecule has 0 aliphatic rings. The van der Waals surface area contributed by atoms with E-state index in [-0.39, 0.29) is 11.7 Å². The first-order chi connectivity index (χ1) is 11.1. The zero-order chi connectivity index (χ0) is 16.7. The van der Waals surface area contributed by atoms with E-state index in [1.165, 1.54) is 12.1 Å². The second kappa shape index (κ2) is 7.95. The Morgan fingerprint density at radius 2 is 2.04 bits per heavy atom. The minimum Gasteiger partial charge on any atom is -0.481 e. The molecule has 2 aromatic carbocycles. The molecule has 2 aromatic rings. The van der Waals surface area contributed by atoms with Crippen LogP contribution in [0.4, 0.5) is 4.39 Å². The number of nitrogens with zero attached hydrogens (tertiary/aromatic N) is 1. The number of carbonyl (C=O) groups is 1. The highest BCUT2D eigenvalue weighted by molar-refractivity contribution is 5.80. The van der Waals surface area contributed by atoms with Crippen molar-refractivity contribution in [2.75, 3.05) is 6.54 Å². The molecule has 5 heteroatoms. The lowest BCUT2D eigenvalue weighted by molar-refractivity contribution is -0.127. The zero-order valence-corrected chi connectivity index (χ0v) is 12.8. The molecule has 0 aromatic heterocycles. The van der Waals surface area contributed by atoms with Crippen LogP contribution in [-0.4, -0.2) is 18.6 Å². The average Bonchev–Trinajstić information content (AvgIpc) is 2.55. The van der Waals surface area contributed by atoms with Crippen LogP contribution in [0.3, 0.4) is 0 Å². The van der Waals surface area contributed by atoms with Crippen molar-refractivity contribution in [1.29, 1.82) is 5.26 Å². The summed E-state index contributed by atoms with van der Waals surface area (Å²) in [5.74, 6) is -0.00566. The van der Waals surface area contributed by atoms with Gasteiger partial charge in [-0.25, -0.2) is 4.39 Å². The van der Waals surface area contributed by atoms with Crippen LogP contribution in [-0.2, 0) is 11.2 Å². The predicted octanol–water partition coefficient (Wildman–Crippen LogP) is 2.82. The highest BCUT2D eigenvalue weighted by atomic mass is 19.1. The van der Waals surface area contributed by atoms with Gasteiger partial charge in [0, 0.05) is 6.54 Å². The van der Waals surface area contributed by atoms with Gasteiger partial charge in [0.15, 0.2) is 6.10 Å². The maximum Gasteiger partial charge on any atom is 0.260 e. The molecule has 0 aliphatic heterocycles. The molecule has 0 aliphatic carbocycles. The van der Waals surface area contributed by atoms with Crippen molar-refractivity contribution in [3.63, 3.8) is 0 Å². The number of amides is 1. The van der Waals surface area contributed by atoms with Gasteiger partial charge >= 0.3 is 0 Å². The number of nitriles is 1. The standard InChI is InChI=1S/C18H17FN2O2/c1-13(23-17-7-5-15(12-20)6-8-17)18(22)21-10-9-14-3-2-4-16(19)11-14/h2-8,11,13H,9-10H2,1H3,(H,21,22)/t13-/m0/s1. The van der Waals surface area contributed by atoms with Crippen molar-refractivity contribution in [2.24, 2.45) is 0 Å². The highest BCUT2D eigenvalue weighted by Crippen LogP contribution is 2.13. The van der Waals surface area contributed by atoms with Gasteiger partial charge in [0.1, 0.15) is 11.6 Å². The molecule has 0 saturated heterocycles. The monoisotopic (exact) mass is 312 g/mol. The van der Waals surface area contributed by atoms with E-state index in [9.17, 15) is 9.18 Å². The number of rotatable bonds is 6. The molecule has 1 atom stereocenters. The maximum atomic E-state index is 13.1. The van der Waals surface area contributed by atoms with Crippen molar-refractivity contribution >= 4 is 5.91 Å². The van der Waals surface area contributed by atoms with E-state index in [1.54, 1.807) is 37.3 Å². The molecule has 1 N–H and O–H groups in total. The Bertz CT molecular complexity index is 708. The molecule has 0 bridgehead atoms. The number of halogens is 1. The van der Waals surface area contributed by atoms with Crippen molar-refractivity contribution in [3.8, 4) is 11.8 Å². The summed E-state index contributed by atoms with van der Waals surface area (Å²) in [7, 11) is 0. The molecule has 1 amide bonds. The number of ether oxygens (including phenoxy) is 1. The molecule has 0 heterocycles. The largest absolute Gasteiger partial charge is 0.481 e. The van der Waals surface area contributed by atoms with Gasteiger partial charge in [0.2, 0.25) is 0 Å². The van der Waals surface area contributed by atoms with Crippen LogP contribution in [0.5, 0.6) is 5.75 Å². The van der Waals surface area contributed by atoms with Crippen LogP contribution >= 0.6 is 0 Å². The first-order valence-corrected chi connectivity index (χ1v) is 7.27. The third-order valence-electron chi connectivity index (χ3n) is 3.27.